The molecule has 2 aromatic heterocycles. The fraction of sp³-hybridized carbons (Fsp3) is 0.565. The number of fused-ring (bicyclic) bond motifs is 1. The summed E-state index contributed by atoms with van der Waals surface area (Å²) in [5.41, 5.74) is 2.72. The zero-order chi connectivity index (χ0) is 21.4. The molecule has 0 bridgehead atoms. The van der Waals surface area contributed by atoms with Gasteiger partial charge in [0.15, 0.2) is 5.82 Å². The molecule has 3 heterocycles. The molecule has 31 heavy (non-hydrogen) atoms. The van der Waals surface area contributed by atoms with Crippen molar-refractivity contribution in [1.82, 2.24) is 35.0 Å². The van der Waals surface area contributed by atoms with E-state index in [0.717, 1.165) is 67.9 Å². The molecule has 1 N–H and O–H groups in total. The van der Waals surface area contributed by atoms with E-state index in [9.17, 15) is 4.79 Å². The molecule has 8 nitrogen and oxygen atoms in total. The molecule has 0 amide bonds. The summed E-state index contributed by atoms with van der Waals surface area (Å²) in [6.45, 7) is 9.08. The van der Waals surface area contributed by atoms with Gasteiger partial charge >= 0.3 is 0 Å². The Labute approximate surface area is 182 Å². The van der Waals surface area contributed by atoms with Gasteiger partial charge in [0, 0.05) is 37.3 Å². The molecule has 2 aliphatic rings. The Morgan fingerprint density at radius 1 is 1.13 bits per heavy atom. The zero-order valence-corrected chi connectivity index (χ0v) is 18.4. The Hall–Kier alpha value is -2.58. The van der Waals surface area contributed by atoms with Crippen molar-refractivity contribution >= 4 is 10.9 Å². The number of pyridine rings is 1. The fourth-order valence-corrected chi connectivity index (χ4v) is 5.17. The number of piperazine rings is 1. The number of nitrogens with one attached hydrogen (secondary N) is 1. The highest BCUT2D eigenvalue weighted by atomic mass is 16.1. The molecule has 2 fully saturated rings. The standard InChI is InChI=1S/C23H31N7O/c1-3-28-10-12-29(13-11-28)21(22-25-26-27-30(22)18-6-4-5-7-18)19-15-17-14-16(2)8-9-20(17)24-23(19)31/h8-9,14-15,18,21H,3-7,10-13H2,1-2H3,(H,24,31)/t21-/m1/s1. The third-order valence-electron chi connectivity index (χ3n) is 6.98. The molecule has 0 spiro atoms. The minimum Gasteiger partial charge on any atom is -0.322 e. The Morgan fingerprint density at radius 2 is 1.90 bits per heavy atom. The number of H-pyrrole nitrogens is 1. The number of hydrogen-bond donors (Lipinski definition) is 1. The summed E-state index contributed by atoms with van der Waals surface area (Å²) < 4.78 is 2.00. The van der Waals surface area contributed by atoms with Gasteiger partial charge in [0.25, 0.3) is 5.56 Å². The summed E-state index contributed by atoms with van der Waals surface area (Å²) in [6, 6.07) is 8.26. The molecule has 0 radical (unpaired) electrons. The molecule has 1 aliphatic carbocycles. The number of hydrogen-bond acceptors (Lipinski definition) is 6. The molecule has 1 aliphatic heterocycles. The zero-order valence-electron chi connectivity index (χ0n) is 18.4. The van der Waals surface area contributed by atoms with E-state index in [1.807, 2.05) is 22.9 Å². The van der Waals surface area contributed by atoms with Crippen LogP contribution in [-0.2, 0) is 0 Å². The minimum absolute atomic E-state index is 0.0553. The maximum absolute atomic E-state index is 13.3. The van der Waals surface area contributed by atoms with Gasteiger partial charge in [-0.2, -0.15) is 0 Å². The second kappa shape index (κ2) is 8.51. The first-order valence-corrected chi connectivity index (χ1v) is 11.5. The normalized spacial score (nSPS) is 19.9. The highest BCUT2D eigenvalue weighted by Gasteiger charge is 2.34. The Morgan fingerprint density at radius 3 is 2.65 bits per heavy atom. The third kappa shape index (κ3) is 3.90. The summed E-state index contributed by atoms with van der Waals surface area (Å²) in [4.78, 5) is 21.2. The van der Waals surface area contributed by atoms with Crippen LogP contribution in [0.25, 0.3) is 10.9 Å². The van der Waals surface area contributed by atoms with Gasteiger partial charge in [-0.15, -0.1) is 5.10 Å². The van der Waals surface area contributed by atoms with Crippen molar-refractivity contribution in [3.8, 4) is 0 Å². The van der Waals surface area contributed by atoms with Gasteiger partial charge in [0.05, 0.1) is 6.04 Å². The van der Waals surface area contributed by atoms with Gasteiger partial charge in [-0.3, -0.25) is 9.69 Å². The van der Waals surface area contributed by atoms with Crippen LogP contribution in [0.1, 0.15) is 61.6 Å². The predicted molar refractivity (Wildman–Crippen MR) is 120 cm³/mol. The van der Waals surface area contributed by atoms with Crippen molar-refractivity contribution in [1.29, 1.82) is 0 Å². The average Bonchev–Trinajstić information content (AvgIpc) is 3.47. The average molecular weight is 422 g/mol. The Kier molecular flexibility index (Phi) is 5.58. The van der Waals surface area contributed by atoms with Gasteiger partial charge in [-0.1, -0.05) is 31.4 Å². The SMILES string of the molecule is CCN1CCN([C@H](c2cc3cc(C)ccc3[nH]c2=O)c2nnnn2C2CCCC2)CC1. The second-order valence-corrected chi connectivity index (χ2v) is 8.94. The van der Waals surface area contributed by atoms with Gasteiger partial charge in [-0.05, 0) is 60.3 Å². The molecule has 164 valence electrons. The lowest BCUT2D eigenvalue weighted by Crippen LogP contribution is -2.49. The number of aromatic amines is 1. The van der Waals surface area contributed by atoms with Crippen molar-refractivity contribution in [2.45, 2.75) is 51.6 Å². The van der Waals surface area contributed by atoms with E-state index >= 15 is 0 Å². The van der Waals surface area contributed by atoms with E-state index in [2.05, 4.69) is 50.2 Å². The largest absolute Gasteiger partial charge is 0.322 e. The van der Waals surface area contributed by atoms with E-state index < -0.39 is 0 Å². The van der Waals surface area contributed by atoms with Crippen LogP contribution >= 0.6 is 0 Å². The van der Waals surface area contributed by atoms with Crippen molar-refractivity contribution in [3.63, 3.8) is 0 Å². The number of benzene rings is 1. The maximum Gasteiger partial charge on any atom is 0.253 e. The lowest BCUT2D eigenvalue weighted by Gasteiger charge is -2.38. The number of tetrazole rings is 1. The van der Waals surface area contributed by atoms with Crippen LogP contribution in [0, 0.1) is 6.92 Å². The van der Waals surface area contributed by atoms with Crippen LogP contribution < -0.4 is 5.56 Å². The van der Waals surface area contributed by atoms with Gasteiger partial charge < -0.3 is 9.88 Å². The van der Waals surface area contributed by atoms with E-state index in [1.54, 1.807) is 0 Å². The van der Waals surface area contributed by atoms with Crippen LogP contribution in [0.2, 0.25) is 0 Å². The number of likely N-dealkylation sites (N-methyl/N-ethyl adjacent to an activating group) is 1. The molecule has 0 unspecified atom stereocenters. The van der Waals surface area contributed by atoms with Gasteiger partial charge in [-0.25, -0.2) is 4.68 Å². The molecule has 1 saturated heterocycles. The van der Waals surface area contributed by atoms with Crippen molar-refractivity contribution in [2.75, 3.05) is 32.7 Å². The molecular formula is C23H31N7O. The highest BCUT2D eigenvalue weighted by Crippen LogP contribution is 2.34. The Balaban J connectivity index is 1.61. The molecule has 5 rings (SSSR count). The van der Waals surface area contributed by atoms with Crippen molar-refractivity contribution in [3.05, 3.63) is 51.6 Å². The first kappa shape index (κ1) is 20.3. The summed E-state index contributed by atoms with van der Waals surface area (Å²) >= 11 is 0. The quantitative estimate of drug-likeness (QED) is 0.682. The minimum atomic E-state index is -0.247. The number of aryl methyl sites for hydroxylation is 1. The first-order chi connectivity index (χ1) is 15.1. The number of rotatable bonds is 5. The number of aromatic nitrogens is 5. The van der Waals surface area contributed by atoms with Crippen molar-refractivity contribution in [2.24, 2.45) is 0 Å². The lowest BCUT2D eigenvalue weighted by atomic mass is 10.0. The smallest absolute Gasteiger partial charge is 0.253 e. The maximum atomic E-state index is 13.3. The van der Waals surface area contributed by atoms with E-state index in [-0.39, 0.29) is 11.6 Å². The topological polar surface area (TPSA) is 82.9 Å². The van der Waals surface area contributed by atoms with Crippen molar-refractivity contribution < 1.29 is 0 Å². The monoisotopic (exact) mass is 421 g/mol. The molecular weight excluding hydrogens is 390 g/mol. The lowest BCUT2D eigenvalue weighted by molar-refractivity contribution is 0.107. The summed E-state index contributed by atoms with van der Waals surface area (Å²) in [5.74, 6) is 0.800. The molecule has 8 heteroatoms. The van der Waals surface area contributed by atoms with E-state index in [4.69, 9.17) is 0 Å². The molecule has 1 aromatic carbocycles. The highest BCUT2D eigenvalue weighted by molar-refractivity contribution is 5.79. The van der Waals surface area contributed by atoms with Crippen LogP contribution in [0.15, 0.2) is 29.1 Å². The van der Waals surface area contributed by atoms with E-state index in [1.165, 1.54) is 18.4 Å². The summed E-state index contributed by atoms with van der Waals surface area (Å²) in [5, 5.41) is 14.0. The van der Waals surface area contributed by atoms with Crippen LogP contribution in [0.3, 0.4) is 0 Å². The predicted octanol–water partition coefficient (Wildman–Crippen LogP) is 2.67. The number of nitrogens with zero attached hydrogens (tertiary/aromatic N) is 6. The fourth-order valence-electron chi connectivity index (χ4n) is 5.17. The van der Waals surface area contributed by atoms with Gasteiger partial charge in [0.2, 0.25) is 0 Å². The summed E-state index contributed by atoms with van der Waals surface area (Å²) in [7, 11) is 0. The molecule has 1 saturated carbocycles. The Bertz CT molecular complexity index is 1110. The molecule has 3 aromatic rings. The van der Waals surface area contributed by atoms with Crippen LogP contribution in [0.5, 0.6) is 0 Å². The molecule has 1 atom stereocenters. The van der Waals surface area contributed by atoms with Crippen LogP contribution in [0.4, 0.5) is 0 Å². The van der Waals surface area contributed by atoms with E-state index in [0.29, 0.717) is 6.04 Å². The first-order valence-electron chi connectivity index (χ1n) is 11.5. The van der Waals surface area contributed by atoms with Crippen LogP contribution in [-0.4, -0.2) is 67.7 Å². The van der Waals surface area contributed by atoms with Gasteiger partial charge in [0.1, 0.15) is 6.04 Å². The second-order valence-electron chi connectivity index (χ2n) is 8.94. The summed E-state index contributed by atoms with van der Waals surface area (Å²) in [6.07, 6.45) is 4.61. The third-order valence-corrected chi connectivity index (χ3v) is 6.98.